The van der Waals surface area contributed by atoms with E-state index in [9.17, 15) is 9.90 Å². The quantitative estimate of drug-likeness (QED) is 0.886. The third kappa shape index (κ3) is 4.21. The van der Waals surface area contributed by atoms with Crippen molar-refractivity contribution in [1.82, 2.24) is 5.32 Å². The van der Waals surface area contributed by atoms with Crippen LogP contribution in [0.5, 0.6) is 0 Å². The fourth-order valence-corrected chi connectivity index (χ4v) is 2.60. The van der Waals surface area contributed by atoms with Gasteiger partial charge in [-0.05, 0) is 24.1 Å². The molecule has 0 aliphatic rings. The van der Waals surface area contributed by atoms with Crippen LogP contribution in [-0.2, 0) is 6.42 Å². The van der Waals surface area contributed by atoms with E-state index in [1.807, 2.05) is 30.3 Å². The highest BCUT2D eigenvalue weighted by Crippen LogP contribution is 2.24. The Kier molecular flexibility index (Phi) is 5.62. The lowest BCUT2D eigenvalue weighted by atomic mass is 10.1. The highest BCUT2D eigenvalue weighted by Gasteiger charge is 2.18. The van der Waals surface area contributed by atoms with Crippen molar-refractivity contribution in [3.8, 4) is 0 Å². The second-order valence-corrected chi connectivity index (χ2v) is 5.45. The lowest BCUT2D eigenvalue weighted by Crippen LogP contribution is -2.39. The predicted molar refractivity (Wildman–Crippen MR) is 84.9 cm³/mol. The van der Waals surface area contributed by atoms with Crippen LogP contribution in [0.2, 0.25) is 10.0 Å². The Balaban J connectivity index is 2.10. The van der Waals surface area contributed by atoms with Crippen molar-refractivity contribution >= 4 is 29.1 Å². The summed E-state index contributed by atoms with van der Waals surface area (Å²) in [5, 5.41) is 12.8. The van der Waals surface area contributed by atoms with Gasteiger partial charge in [0.25, 0.3) is 5.91 Å². The van der Waals surface area contributed by atoms with Crippen LogP contribution >= 0.6 is 23.2 Å². The van der Waals surface area contributed by atoms with Crippen molar-refractivity contribution in [3.05, 3.63) is 69.7 Å². The lowest BCUT2D eigenvalue weighted by molar-refractivity contribution is 0.0917. The molecule has 0 fully saturated rings. The fraction of sp³-hybridized carbons (Fsp3) is 0.188. The van der Waals surface area contributed by atoms with Gasteiger partial charge in [-0.1, -0.05) is 59.6 Å². The van der Waals surface area contributed by atoms with Gasteiger partial charge in [0, 0.05) is 0 Å². The fourth-order valence-electron chi connectivity index (χ4n) is 2.03. The van der Waals surface area contributed by atoms with Crippen molar-refractivity contribution in [2.24, 2.45) is 0 Å². The first-order valence-electron chi connectivity index (χ1n) is 6.51. The molecule has 0 heterocycles. The maximum absolute atomic E-state index is 12.3. The Bertz CT molecular complexity index is 597. The summed E-state index contributed by atoms with van der Waals surface area (Å²) in [6.07, 6.45) is 0.533. The summed E-state index contributed by atoms with van der Waals surface area (Å²) >= 11 is 12.0. The van der Waals surface area contributed by atoms with E-state index in [-0.39, 0.29) is 28.1 Å². The zero-order chi connectivity index (χ0) is 15.2. The molecule has 0 saturated carbocycles. The average Bonchev–Trinajstić information content (AvgIpc) is 2.47. The number of halogens is 2. The molecule has 3 nitrogen and oxygen atoms in total. The first-order chi connectivity index (χ1) is 10.1. The smallest absolute Gasteiger partial charge is 0.254 e. The lowest BCUT2D eigenvalue weighted by Gasteiger charge is -2.17. The van der Waals surface area contributed by atoms with Crippen LogP contribution in [0.15, 0.2) is 48.5 Å². The summed E-state index contributed by atoms with van der Waals surface area (Å²) in [5.41, 5.74) is 1.26. The summed E-state index contributed by atoms with van der Waals surface area (Å²) in [6.45, 7) is -0.164. The topological polar surface area (TPSA) is 49.3 Å². The van der Waals surface area contributed by atoms with Crippen LogP contribution in [0.25, 0.3) is 0 Å². The highest BCUT2D eigenvalue weighted by molar-refractivity contribution is 6.39. The zero-order valence-corrected chi connectivity index (χ0v) is 12.7. The third-order valence-electron chi connectivity index (χ3n) is 3.07. The normalized spacial score (nSPS) is 12.0. The minimum Gasteiger partial charge on any atom is -0.394 e. The van der Waals surface area contributed by atoms with E-state index < -0.39 is 6.04 Å². The Morgan fingerprint density at radius 1 is 1.05 bits per heavy atom. The van der Waals surface area contributed by atoms with E-state index >= 15 is 0 Å². The predicted octanol–water partition coefficient (Wildman–Crippen LogP) is 3.33. The number of aliphatic hydroxyl groups is 1. The number of hydrogen-bond donors (Lipinski definition) is 2. The summed E-state index contributed by atoms with van der Waals surface area (Å²) in [7, 11) is 0. The van der Waals surface area contributed by atoms with Crippen LogP contribution in [0.3, 0.4) is 0 Å². The number of carbonyl (C=O) groups is 1. The van der Waals surface area contributed by atoms with Gasteiger partial charge < -0.3 is 10.4 Å². The molecule has 0 unspecified atom stereocenters. The van der Waals surface area contributed by atoms with Crippen molar-refractivity contribution in [2.75, 3.05) is 6.61 Å². The van der Waals surface area contributed by atoms with Crippen molar-refractivity contribution in [1.29, 1.82) is 0 Å². The average molecular weight is 324 g/mol. The Hall–Kier alpha value is -1.55. The first kappa shape index (κ1) is 15.8. The molecule has 0 bridgehead atoms. The number of carbonyl (C=O) groups excluding carboxylic acids is 1. The summed E-state index contributed by atoms with van der Waals surface area (Å²) in [5.74, 6) is -0.388. The number of benzene rings is 2. The number of amides is 1. The maximum Gasteiger partial charge on any atom is 0.254 e. The molecule has 0 aliphatic heterocycles. The van der Waals surface area contributed by atoms with E-state index in [2.05, 4.69) is 5.32 Å². The van der Waals surface area contributed by atoms with Gasteiger partial charge >= 0.3 is 0 Å². The molecule has 2 rings (SSSR count). The molecule has 0 aliphatic carbocycles. The molecule has 2 aromatic rings. The van der Waals surface area contributed by atoms with Gasteiger partial charge in [-0.25, -0.2) is 0 Å². The molecule has 1 amide bonds. The molecule has 2 N–H and O–H groups in total. The molecule has 1 atom stereocenters. The second-order valence-electron chi connectivity index (χ2n) is 4.64. The number of rotatable bonds is 5. The summed E-state index contributed by atoms with van der Waals surface area (Å²) in [4.78, 5) is 12.3. The Morgan fingerprint density at radius 2 is 1.67 bits per heavy atom. The molecule has 110 valence electrons. The molecule has 0 radical (unpaired) electrons. The number of hydrogen-bond acceptors (Lipinski definition) is 2. The van der Waals surface area contributed by atoms with Crippen LogP contribution in [0, 0.1) is 0 Å². The molecule has 21 heavy (non-hydrogen) atoms. The molecule has 0 aromatic heterocycles. The van der Waals surface area contributed by atoms with Gasteiger partial charge in [-0.2, -0.15) is 0 Å². The highest BCUT2D eigenvalue weighted by atomic mass is 35.5. The van der Waals surface area contributed by atoms with E-state index in [0.29, 0.717) is 6.42 Å². The standard InChI is InChI=1S/C16H15Cl2NO2/c17-13-7-4-8-14(18)15(13)16(21)19-12(10-20)9-11-5-2-1-3-6-11/h1-8,12,20H,9-10H2,(H,19,21)/t12-/m1/s1. The largest absolute Gasteiger partial charge is 0.394 e. The van der Waals surface area contributed by atoms with E-state index in [1.165, 1.54) is 0 Å². The van der Waals surface area contributed by atoms with Crippen molar-refractivity contribution < 1.29 is 9.90 Å². The number of aliphatic hydroxyl groups excluding tert-OH is 1. The Labute approximate surface area is 133 Å². The summed E-state index contributed by atoms with van der Waals surface area (Å²) in [6, 6.07) is 14.1. The molecular weight excluding hydrogens is 309 g/mol. The van der Waals surface area contributed by atoms with Crippen LogP contribution in [0.4, 0.5) is 0 Å². The van der Waals surface area contributed by atoms with Gasteiger partial charge in [-0.15, -0.1) is 0 Å². The molecule has 5 heteroatoms. The second kappa shape index (κ2) is 7.46. The van der Waals surface area contributed by atoms with Gasteiger partial charge in [0.1, 0.15) is 0 Å². The molecule has 0 spiro atoms. The minimum atomic E-state index is -0.396. The SMILES string of the molecule is O=C(N[C@@H](CO)Cc1ccccc1)c1c(Cl)cccc1Cl. The van der Waals surface area contributed by atoms with E-state index in [4.69, 9.17) is 23.2 Å². The van der Waals surface area contributed by atoms with E-state index in [0.717, 1.165) is 5.56 Å². The van der Waals surface area contributed by atoms with Gasteiger partial charge in [0.2, 0.25) is 0 Å². The van der Waals surface area contributed by atoms with E-state index in [1.54, 1.807) is 18.2 Å². The zero-order valence-electron chi connectivity index (χ0n) is 11.2. The van der Waals surface area contributed by atoms with Crippen molar-refractivity contribution in [3.63, 3.8) is 0 Å². The third-order valence-corrected chi connectivity index (χ3v) is 3.70. The molecular formula is C16H15Cl2NO2. The van der Waals surface area contributed by atoms with Crippen LogP contribution < -0.4 is 5.32 Å². The minimum absolute atomic E-state index is 0.164. The van der Waals surface area contributed by atoms with Gasteiger partial charge in [0.05, 0.1) is 28.3 Å². The molecule has 0 saturated heterocycles. The van der Waals surface area contributed by atoms with Gasteiger partial charge in [0.15, 0.2) is 0 Å². The first-order valence-corrected chi connectivity index (χ1v) is 7.27. The monoisotopic (exact) mass is 323 g/mol. The maximum atomic E-state index is 12.3. The Morgan fingerprint density at radius 3 is 2.24 bits per heavy atom. The summed E-state index contributed by atoms with van der Waals surface area (Å²) < 4.78 is 0. The van der Waals surface area contributed by atoms with Crippen LogP contribution in [0.1, 0.15) is 15.9 Å². The van der Waals surface area contributed by atoms with Crippen LogP contribution in [-0.4, -0.2) is 23.7 Å². The number of nitrogens with one attached hydrogen (secondary N) is 1. The molecule has 2 aromatic carbocycles. The van der Waals surface area contributed by atoms with Crippen molar-refractivity contribution in [2.45, 2.75) is 12.5 Å². The van der Waals surface area contributed by atoms with Gasteiger partial charge in [-0.3, -0.25) is 4.79 Å².